The van der Waals surface area contributed by atoms with Gasteiger partial charge in [-0.3, -0.25) is 0 Å². The van der Waals surface area contributed by atoms with E-state index in [1.54, 1.807) is 24.3 Å². The number of hydrogen-bond acceptors (Lipinski definition) is 3. The van der Waals surface area contributed by atoms with Gasteiger partial charge in [0.2, 0.25) is 5.95 Å². The van der Waals surface area contributed by atoms with Crippen LogP contribution in [0.1, 0.15) is 0 Å². The molecule has 1 aromatic heterocycles. The van der Waals surface area contributed by atoms with Crippen LogP contribution in [0.25, 0.3) is 11.0 Å². The Morgan fingerprint density at radius 3 is 2.85 bits per heavy atom. The molecule has 0 amide bonds. The molecule has 0 aliphatic carbocycles. The van der Waals surface area contributed by atoms with Gasteiger partial charge >= 0.3 is 0 Å². The molecule has 0 aliphatic heterocycles. The van der Waals surface area contributed by atoms with Crippen molar-refractivity contribution in [3.63, 3.8) is 0 Å². The standard InChI is InChI=1S/C13H8BrCl2N3O/c14-6-4-9-12(10(20)5-6)19-13(18-9)17-8-3-1-2-7(15)11(8)16/h1-5,20H,(H2,17,18,19). The third-order valence-corrected chi connectivity index (χ3v) is 4.01. The first kappa shape index (κ1) is 13.5. The first-order valence-electron chi connectivity index (χ1n) is 5.64. The molecule has 0 saturated carbocycles. The van der Waals surface area contributed by atoms with Crippen molar-refractivity contribution in [1.82, 2.24) is 9.97 Å². The number of hydrogen-bond donors (Lipinski definition) is 3. The monoisotopic (exact) mass is 371 g/mol. The lowest BCUT2D eigenvalue weighted by Crippen LogP contribution is -1.93. The Morgan fingerprint density at radius 2 is 2.05 bits per heavy atom. The largest absolute Gasteiger partial charge is 0.506 e. The van der Waals surface area contributed by atoms with Gasteiger partial charge in [-0.25, -0.2) is 4.98 Å². The van der Waals surface area contributed by atoms with E-state index in [2.05, 4.69) is 31.2 Å². The van der Waals surface area contributed by atoms with Crippen molar-refractivity contribution in [2.75, 3.05) is 5.32 Å². The number of nitrogens with zero attached hydrogens (tertiary/aromatic N) is 1. The van der Waals surface area contributed by atoms with E-state index in [1.165, 1.54) is 0 Å². The third kappa shape index (κ3) is 2.44. The van der Waals surface area contributed by atoms with Crippen LogP contribution >= 0.6 is 39.1 Å². The molecule has 0 unspecified atom stereocenters. The SMILES string of the molecule is Oc1cc(Br)cc2[nH]c(Nc3cccc(Cl)c3Cl)nc12. The molecule has 0 radical (unpaired) electrons. The fourth-order valence-electron chi connectivity index (χ4n) is 1.85. The number of rotatable bonds is 2. The summed E-state index contributed by atoms with van der Waals surface area (Å²) in [5.74, 6) is 0.563. The molecule has 7 heteroatoms. The highest BCUT2D eigenvalue weighted by molar-refractivity contribution is 9.10. The smallest absolute Gasteiger partial charge is 0.205 e. The van der Waals surface area contributed by atoms with Crippen LogP contribution in [0.4, 0.5) is 11.6 Å². The van der Waals surface area contributed by atoms with E-state index >= 15 is 0 Å². The first-order chi connectivity index (χ1) is 9.54. The average molecular weight is 373 g/mol. The Kier molecular flexibility index (Phi) is 3.50. The summed E-state index contributed by atoms with van der Waals surface area (Å²) in [7, 11) is 0. The number of halogens is 3. The van der Waals surface area contributed by atoms with Gasteiger partial charge in [0.25, 0.3) is 0 Å². The van der Waals surface area contributed by atoms with Gasteiger partial charge in [-0.15, -0.1) is 0 Å². The van der Waals surface area contributed by atoms with Crippen LogP contribution in [0, 0.1) is 0 Å². The number of phenols is 1. The maximum atomic E-state index is 9.84. The summed E-state index contributed by atoms with van der Waals surface area (Å²) >= 11 is 15.4. The molecule has 3 rings (SSSR count). The fourth-order valence-corrected chi connectivity index (χ4v) is 2.65. The van der Waals surface area contributed by atoms with Crippen LogP contribution < -0.4 is 5.32 Å². The zero-order valence-corrected chi connectivity index (χ0v) is 13.0. The number of benzene rings is 2. The van der Waals surface area contributed by atoms with E-state index in [-0.39, 0.29) is 5.75 Å². The first-order valence-corrected chi connectivity index (χ1v) is 7.19. The highest BCUT2D eigenvalue weighted by atomic mass is 79.9. The van der Waals surface area contributed by atoms with Gasteiger partial charge in [-0.1, -0.05) is 45.2 Å². The summed E-state index contributed by atoms with van der Waals surface area (Å²) in [6.45, 7) is 0. The van der Waals surface area contributed by atoms with Crippen molar-refractivity contribution in [2.45, 2.75) is 0 Å². The summed E-state index contributed by atoms with van der Waals surface area (Å²) in [5.41, 5.74) is 1.82. The predicted octanol–water partition coefficient (Wildman–Crippen LogP) is 5.08. The number of phenolic OH excluding ortho intramolecular Hbond substituents is 1. The topological polar surface area (TPSA) is 60.9 Å². The number of aromatic hydroxyl groups is 1. The van der Waals surface area contributed by atoms with Gasteiger partial charge in [-0.05, 0) is 24.3 Å². The van der Waals surface area contributed by atoms with Crippen molar-refractivity contribution in [3.05, 3.63) is 44.8 Å². The Hall–Kier alpha value is -1.43. The van der Waals surface area contributed by atoms with Crippen LogP contribution in [0.15, 0.2) is 34.8 Å². The second kappa shape index (κ2) is 5.16. The van der Waals surface area contributed by atoms with Crippen molar-refractivity contribution in [1.29, 1.82) is 0 Å². The van der Waals surface area contributed by atoms with Gasteiger partial charge in [-0.2, -0.15) is 0 Å². The number of aromatic nitrogens is 2. The fraction of sp³-hybridized carbons (Fsp3) is 0. The van der Waals surface area contributed by atoms with Gasteiger partial charge < -0.3 is 15.4 Å². The average Bonchev–Trinajstić information content (AvgIpc) is 2.78. The van der Waals surface area contributed by atoms with Crippen molar-refractivity contribution < 1.29 is 5.11 Å². The van der Waals surface area contributed by atoms with Gasteiger partial charge in [0.05, 0.1) is 21.2 Å². The van der Waals surface area contributed by atoms with Gasteiger partial charge in [0.15, 0.2) is 0 Å². The molecule has 1 heterocycles. The quantitative estimate of drug-likeness (QED) is 0.587. The molecule has 0 bridgehead atoms. The molecule has 20 heavy (non-hydrogen) atoms. The Balaban J connectivity index is 2.03. The van der Waals surface area contributed by atoms with Crippen molar-refractivity contribution >= 4 is 61.8 Å². The molecular formula is C13H8BrCl2N3O. The minimum Gasteiger partial charge on any atom is -0.506 e. The lowest BCUT2D eigenvalue weighted by Gasteiger charge is -2.05. The zero-order chi connectivity index (χ0) is 14.3. The zero-order valence-electron chi connectivity index (χ0n) is 9.92. The van der Waals surface area contributed by atoms with Crippen LogP contribution in [0.3, 0.4) is 0 Å². The molecule has 4 nitrogen and oxygen atoms in total. The number of fused-ring (bicyclic) bond motifs is 1. The predicted molar refractivity (Wildman–Crippen MR) is 85.2 cm³/mol. The van der Waals surface area contributed by atoms with E-state index < -0.39 is 0 Å². The summed E-state index contributed by atoms with van der Waals surface area (Å²) < 4.78 is 0.762. The normalized spacial score (nSPS) is 10.9. The summed E-state index contributed by atoms with van der Waals surface area (Å²) in [4.78, 5) is 7.34. The van der Waals surface area contributed by atoms with Crippen LogP contribution in [0.2, 0.25) is 10.0 Å². The molecule has 2 aromatic carbocycles. The van der Waals surface area contributed by atoms with Crippen molar-refractivity contribution in [3.8, 4) is 5.75 Å². The molecule has 3 N–H and O–H groups in total. The Bertz CT molecular complexity index is 804. The maximum absolute atomic E-state index is 9.84. The molecule has 0 aliphatic rings. The van der Waals surface area contributed by atoms with Gasteiger partial charge in [0.1, 0.15) is 11.3 Å². The number of H-pyrrole nitrogens is 1. The Morgan fingerprint density at radius 1 is 1.25 bits per heavy atom. The minimum atomic E-state index is 0.0934. The molecule has 102 valence electrons. The van der Waals surface area contributed by atoms with Gasteiger partial charge in [0, 0.05) is 4.47 Å². The second-order valence-electron chi connectivity index (χ2n) is 4.13. The number of anilines is 2. The number of imidazole rings is 1. The van der Waals surface area contributed by atoms with E-state index in [0.29, 0.717) is 32.7 Å². The lowest BCUT2D eigenvalue weighted by atomic mass is 10.3. The summed E-state index contributed by atoms with van der Waals surface area (Å²) in [6.07, 6.45) is 0. The number of nitrogens with one attached hydrogen (secondary N) is 2. The summed E-state index contributed by atoms with van der Waals surface area (Å²) in [6, 6.07) is 8.69. The molecule has 0 fully saturated rings. The highest BCUT2D eigenvalue weighted by Gasteiger charge is 2.10. The van der Waals surface area contributed by atoms with Crippen molar-refractivity contribution in [2.24, 2.45) is 0 Å². The molecule has 0 spiro atoms. The molecule has 0 atom stereocenters. The highest BCUT2D eigenvalue weighted by Crippen LogP contribution is 2.33. The summed E-state index contributed by atoms with van der Waals surface area (Å²) in [5, 5.41) is 13.8. The van der Waals surface area contributed by atoms with Crippen LogP contribution in [-0.4, -0.2) is 15.1 Å². The van der Waals surface area contributed by atoms with Crippen LogP contribution in [0.5, 0.6) is 5.75 Å². The van der Waals surface area contributed by atoms with E-state index in [4.69, 9.17) is 23.2 Å². The second-order valence-corrected chi connectivity index (χ2v) is 5.83. The number of aromatic amines is 1. The van der Waals surface area contributed by atoms with E-state index in [1.807, 2.05) is 6.07 Å². The maximum Gasteiger partial charge on any atom is 0.205 e. The lowest BCUT2D eigenvalue weighted by molar-refractivity contribution is 0.480. The van der Waals surface area contributed by atoms with E-state index in [0.717, 1.165) is 4.47 Å². The molecule has 3 aromatic rings. The third-order valence-electron chi connectivity index (χ3n) is 2.74. The Labute approximate surface area is 132 Å². The molecule has 0 saturated heterocycles. The van der Waals surface area contributed by atoms with Crippen LogP contribution in [-0.2, 0) is 0 Å². The minimum absolute atomic E-state index is 0.0934. The molecular weight excluding hydrogens is 365 g/mol. The van der Waals surface area contributed by atoms with E-state index in [9.17, 15) is 5.11 Å².